The second kappa shape index (κ2) is 7.78. The van der Waals surface area contributed by atoms with Gasteiger partial charge in [0.2, 0.25) is 0 Å². The molecule has 0 radical (unpaired) electrons. The lowest BCUT2D eigenvalue weighted by Crippen LogP contribution is -2.30. The maximum Gasteiger partial charge on any atom is 0.0896 e. The number of aliphatic hydroxyl groups excluding tert-OH is 2. The van der Waals surface area contributed by atoms with Crippen LogP contribution in [0.1, 0.15) is 47.2 Å². The van der Waals surface area contributed by atoms with Gasteiger partial charge in [-0.05, 0) is 51.1 Å². The first-order valence-corrected chi connectivity index (χ1v) is 9.57. The highest BCUT2D eigenvalue weighted by Crippen LogP contribution is 2.31. The van der Waals surface area contributed by atoms with Crippen molar-refractivity contribution in [2.45, 2.75) is 58.3 Å². The van der Waals surface area contributed by atoms with Gasteiger partial charge >= 0.3 is 0 Å². The molecule has 3 rings (SSSR count). The van der Waals surface area contributed by atoms with Crippen LogP contribution in [0.4, 0.5) is 0 Å². The standard InChI is InChI=1S/C18H27N3O2S/c1-13-16(14(2)21(19-13)8-9-22)12-20-7-3-5-15(20)11-17(23)18-6-4-10-24-18/h4,6,10,15,17,22-23H,3,5,7-9,11-12H2,1-2H3. The lowest BCUT2D eigenvalue weighted by Gasteiger charge is -2.26. The van der Waals surface area contributed by atoms with Gasteiger partial charge in [0.1, 0.15) is 0 Å². The Morgan fingerprint density at radius 3 is 2.96 bits per heavy atom. The molecule has 0 aliphatic carbocycles. The van der Waals surface area contributed by atoms with Crippen molar-refractivity contribution < 1.29 is 10.2 Å². The Kier molecular flexibility index (Phi) is 5.71. The maximum absolute atomic E-state index is 10.5. The molecule has 1 aliphatic heterocycles. The molecule has 0 aromatic carbocycles. The van der Waals surface area contributed by atoms with E-state index >= 15 is 0 Å². The minimum Gasteiger partial charge on any atom is -0.394 e. The molecular formula is C18H27N3O2S. The first-order valence-electron chi connectivity index (χ1n) is 8.69. The molecule has 5 nitrogen and oxygen atoms in total. The van der Waals surface area contributed by atoms with Crippen LogP contribution >= 0.6 is 11.3 Å². The van der Waals surface area contributed by atoms with Crippen LogP contribution in [0.3, 0.4) is 0 Å². The molecule has 24 heavy (non-hydrogen) atoms. The highest BCUT2D eigenvalue weighted by molar-refractivity contribution is 7.10. The van der Waals surface area contributed by atoms with Gasteiger partial charge in [-0.15, -0.1) is 11.3 Å². The molecule has 0 amide bonds. The first kappa shape index (κ1) is 17.6. The van der Waals surface area contributed by atoms with E-state index < -0.39 is 0 Å². The molecule has 2 N–H and O–H groups in total. The molecule has 6 heteroatoms. The van der Waals surface area contributed by atoms with Gasteiger partial charge in [-0.25, -0.2) is 0 Å². The van der Waals surface area contributed by atoms with E-state index in [4.69, 9.17) is 5.11 Å². The van der Waals surface area contributed by atoms with Crippen LogP contribution in [0.5, 0.6) is 0 Å². The molecule has 2 atom stereocenters. The number of thiophene rings is 1. The number of rotatable bonds is 7. The van der Waals surface area contributed by atoms with E-state index in [1.165, 1.54) is 12.0 Å². The monoisotopic (exact) mass is 349 g/mol. The van der Waals surface area contributed by atoms with Crippen molar-refractivity contribution >= 4 is 11.3 Å². The lowest BCUT2D eigenvalue weighted by atomic mass is 10.0. The molecule has 0 bridgehead atoms. The van der Waals surface area contributed by atoms with Gasteiger partial charge in [-0.3, -0.25) is 9.58 Å². The fraction of sp³-hybridized carbons (Fsp3) is 0.611. The van der Waals surface area contributed by atoms with E-state index in [-0.39, 0.29) is 12.7 Å². The first-order chi connectivity index (χ1) is 11.6. The number of nitrogens with zero attached hydrogens (tertiary/aromatic N) is 3. The van der Waals surface area contributed by atoms with Gasteiger partial charge in [0.15, 0.2) is 0 Å². The van der Waals surface area contributed by atoms with Crippen molar-refractivity contribution in [3.8, 4) is 0 Å². The second-order valence-corrected chi connectivity index (χ2v) is 7.61. The second-order valence-electron chi connectivity index (χ2n) is 6.63. The van der Waals surface area contributed by atoms with Gasteiger partial charge in [0.25, 0.3) is 0 Å². The van der Waals surface area contributed by atoms with Crippen molar-refractivity contribution in [3.05, 3.63) is 39.3 Å². The third-order valence-electron chi connectivity index (χ3n) is 5.07. The molecule has 0 spiro atoms. The predicted octanol–water partition coefficient (Wildman–Crippen LogP) is 2.64. The van der Waals surface area contributed by atoms with Gasteiger partial charge in [0.05, 0.1) is 24.9 Å². The summed E-state index contributed by atoms with van der Waals surface area (Å²) in [5, 5.41) is 26.2. The van der Waals surface area contributed by atoms with Crippen LogP contribution in [-0.2, 0) is 13.1 Å². The zero-order valence-corrected chi connectivity index (χ0v) is 15.3. The molecule has 2 aromatic heterocycles. The number of aliphatic hydroxyl groups is 2. The predicted molar refractivity (Wildman–Crippen MR) is 96.1 cm³/mol. The summed E-state index contributed by atoms with van der Waals surface area (Å²) < 4.78 is 1.90. The van der Waals surface area contributed by atoms with Crippen LogP contribution in [0.25, 0.3) is 0 Å². The van der Waals surface area contributed by atoms with Crippen molar-refractivity contribution in [2.75, 3.05) is 13.2 Å². The number of aromatic nitrogens is 2. The van der Waals surface area contributed by atoms with Crippen LogP contribution < -0.4 is 0 Å². The Labute approximate surface area is 147 Å². The zero-order valence-electron chi connectivity index (χ0n) is 14.5. The fourth-order valence-corrected chi connectivity index (χ4v) is 4.43. The molecule has 1 fully saturated rings. The highest BCUT2D eigenvalue weighted by Gasteiger charge is 2.28. The van der Waals surface area contributed by atoms with Gasteiger partial charge in [0, 0.05) is 28.7 Å². The molecule has 2 unspecified atom stereocenters. The van der Waals surface area contributed by atoms with Crippen molar-refractivity contribution in [3.63, 3.8) is 0 Å². The summed E-state index contributed by atoms with van der Waals surface area (Å²) in [4.78, 5) is 3.54. The fourth-order valence-electron chi connectivity index (χ4n) is 3.70. The largest absolute Gasteiger partial charge is 0.394 e. The van der Waals surface area contributed by atoms with E-state index in [1.807, 2.05) is 29.1 Å². The van der Waals surface area contributed by atoms with Crippen molar-refractivity contribution in [1.82, 2.24) is 14.7 Å². The summed E-state index contributed by atoms with van der Waals surface area (Å²) in [7, 11) is 0. The van der Waals surface area contributed by atoms with Gasteiger partial charge in [-0.2, -0.15) is 5.10 Å². The van der Waals surface area contributed by atoms with Gasteiger partial charge < -0.3 is 10.2 Å². The quantitative estimate of drug-likeness (QED) is 0.807. The average Bonchev–Trinajstić information content (AvgIpc) is 3.27. The Morgan fingerprint density at radius 2 is 2.25 bits per heavy atom. The zero-order chi connectivity index (χ0) is 17.1. The average molecular weight is 350 g/mol. The molecule has 1 saturated heterocycles. The van der Waals surface area contributed by atoms with Crippen LogP contribution in [0, 0.1) is 13.8 Å². The third kappa shape index (κ3) is 3.72. The molecule has 3 heterocycles. The Balaban J connectivity index is 1.68. The summed E-state index contributed by atoms with van der Waals surface area (Å²) in [6, 6.07) is 4.43. The number of hydrogen-bond acceptors (Lipinski definition) is 5. The SMILES string of the molecule is Cc1nn(CCO)c(C)c1CN1CCCC1CC(O)c1cccs1. The van der Waals surface area contributed by atoms with Gasteiger partial charge in [-0.1, -0.05) is 6.07 Å². The summed E-state index contributed by atoms with van der Waals surface area (Å²) in [6.07, 6.45) is 2.76. The normalized spacial score (nSPS) is 19.9. The summed E-state index contributed by atoms with van der Waals surface area (Å²) in [6.45, 7) is 6.74. The van der Waals surface area contributed by atoms with E-state index in [9.17, 15) is 5.11 Å². The molecule has 132 valence electrons. The Hall–Kier alpha value is -1.21. The highest BCUT2D eigenvalue weighted by atomic mass is 32.1. The van der Waals surface area contributed by atoms with E-state index in [2.05, 4.69) is 16.9 Å². The van der Waals surface area contributed by atoms with Crippen LogP contribution in [0.2, 0.25) is 0 Å². The summed E-state index contributed by atoms with van der Waals surface area (Å²) in [5.74, 6) is 0. The molecule has 0 saturated carbocycles. The number of aryl methyl sites for hydroxylation is 1. The van der Waals surface area contributed by atoms with E-state index in [0.717, 1.165) is 42.2 Å². The molecule has 1 aliphatic rings. The maximum atomic E-state index is 10.5. The third-order valence-corrected chi connectivity index (χ3v) is 6.04. The Bertz CT molecular complexity index is 654. The van der Waals surface area contributed by atoms with Crippen LogP contribution in [0.15, 0.2) is 17.5 Å². The lowest BCUT2D eigenvalue weighted by molar-refractivity contribution is 0.120. The summed E-state index contributed by atoms with van der Waals surface area (Å²) >= 11 is 1.63. The topological polar surface area (TPSA) is 61.5 Å². The van der Waals surface area contributed by atoms with Crippen LogP contribution in [-0.4, -0.2) is 44.1 Å². The number of likely N-dealkylation sites (tertiary alicyclic amines) is 1. The Morgan fingerprint density at radius 1 is 1.42 bits per heavy atom. The minimum absolute atomic E-state index is 0.112. The molecule has 2 aromatic rings. The van der Waals surface area contributed by atoms with E-state index in [1.54, 1.807) is 11.3 Å². The molecular weight excluding hydrogens is 322 g/mol. The van der Waals surface area contributed by atoms with E-state index in [0.29, 0.717) is 12.6 Å². The summed E-state index contributed by atoms with van der Waals surface area (Å²) in [5.41, 5.74) is 3.46. The van der Waals surface area contributed by atoms with Crippen molar-refractivity contribution in [2.24, 2.45) is 0 Å². The minimum atomic E-state index is -0.366. The number of hydrogen-bond donors (Lipinski definition) is 2. The smallest absolute Gasteiger partial charge is 0.0896 e. The van der Waals surface area contributed by atoms with Crippen molar-refractivity contribution in [1.29, 1.82) is 0 Å².